The summed E-state index contributed by atoms with van der Waals surface area (Å²) in [5, 5.41) is 0. The van der Waals surface area contributed by atoms with Crippen LogP contribution in [0.1, 0.15) is 16.7 Å². The van der Waals surface area contributed by atoms with E-state index in [4.69, 9.17) is 13.6 Å². The zero-order chi connectivity index (χ0) is 18.6. The molecule has 0 spiro atoms. The van der Waals surface area contributed by atoms with Gasteiger partial charge in [-0.05, 0) is 0 Å². The Balaban J connectivity index is 1.96. The average molecular weight is 368 g/mol. The van der Waals surface area contributed by atoms with E-state index in [0.29, 0.717) is 0 Å². The van der Waals surface area contributed by atoms with Gasteiger partial charge in [-0.1, -0.05) is 0 Å². The molecule has 0 radical (unpaired) electrons. The van der Waals surface area contributed by atoms with E-state index >= 15 is 0 Å². The predicted molar refractivity (Wildman–Crippen MR) is 110 cm³/mol. The standard InChI is InChI=1S/C22H25O3P/c1-17-11-5-8-14-20(17)23-26(4,24-21-15-9-6-12-18(21)2)25-22-16-10-7-13-19(22)3/h5-16,26H,1-4H3. The number of para-hydroxylation sites is 3. The molecular weight excluding hydrogens is 343 g/mol. The molecule has 0 saturated heterocycles. The maximum absolute atomic E-state index is 6.35. The predicted octanol–water partition coefficient (Wildman–Crippen LogP) is 6.27. The Hall–Kier alpha value is -2.51. The van der Waals surface area contributed by atoms with Crippen LogP contribution in [0.3, 0.4) is 0 Å². The molecule has 136 valence electrons. The SMILES string of the molecule is Cc1ccccc1O[PH](C)(Oc1ccccc1C)Oc1ccccc1C. The van der Waals surface area contributed by atoms with Crippen molar-refractivity contribution >= 4 is 7.94 Å². The molecule has 3 nitrogen and oxygen atoms in total. The van der Waals surface area contributed by atoms with Crippen molar-refractivity contribution in [1.82, 2.24) is 0 Å². The Bertz CT molecular complexity index is 776. The van der Waals surface area contributed by atoms with Crippen LogP contribution in [-0.2, 0) is 0 Å². The summed E-state index contributed by atoms with van der Waals surface area (Å²) < 4.78 is 19.0. The molecule has 0 saturated carbocycles. The van der Waals surface area contributed by atoms with Crippen LogP contribution in [0, 0.1) is 20.8 Å². The molecule has 0 N–H and O–H groups in total. The van der Waals surface area contributed by atoms with Crippen LogP contribution in [-0.4, -0.2) is 6.66 Å². The van der Waals surface area contributed by atoms with Crippen molar-refractivity contribution in [3.63, 3.8) is 0 Å². The molecule has 4 heteroatoms. The van der Waals surface area contributed by atoms with E-state index in [9.17, 15) is 0 Å². The molecule has 3 aromatic rings. The Morgan fingerprint density at radius 1 is 0.500 bits per heavy atom. The Morgan fingerprint density at radius 2 is 0.769 bits per heavy atom. The van der Waals surface area contributed by atoms with E-state index < -0.39 is 7.94 Å². The van der Waals surface area contributed by atoms with Gasteiger partial charge in [0.2, 0.25) is 0 Å². The first-order chi connectivity index (χ1) is 12.5. The summed E-state index contributed by atoms with van der Waals surface area (Å²) in [6.45, 7) is 7.99. The van der Waals surface area contributed by atoms with Gasteiger partial charge in [0, 0.05) is 0 Å². The summed E-state index contributed by atoms with van der Waals surface area (Å²) in [6, 6.07) is 23.7. The summed E-state index contributed by atoms with van der Waals surface area (Å²) in [6.07, 6.45) is 0. The monoisotopic (exact) mass is 368 g/mol. The number of hydrogen-bond donors (Lipinski definition) is 0. The Kier molecular flexibility index (Phi) is 5.49. The molecular formula is C22H25O3P. The van der Waals surface area contributed by atoms with E-state index in [0.717, 1.165) is 33.9 Å². The minimum atomic E-state index is -3.07. The van der Waals surface area contributed by atoms with Gasteiger partial charge in [-0.25, -0.2) is 0 Å². The van der Waals surface area contributed by atoms with Gasteiger partial charge in [-0.2, -0.15) is 0 Å². The second kappa shape index (κ2) is 7.80. The summed E-state index contributed by atoms with van der Waals surface area (Å²) >= 11 is 0. The average Bonchev–Trinajstić information content (AvgIpc) is 2.61. The molecule has 0 atom stereocenters. The third-order valence-electron chi connectivity index (χ3n) is 4.17. The van der Waals surface area contributed by atoms with E-state index in [-0.39, 0.29) is 0 Å². The first-order valence-corrected chi connectivity index (χ1v) is 10.9. The molecule has 3 rings (SSSR count). The molecule has 0 aliphatic heterocycles. The van der Waals surface area contributed by atoms with Crippen molar-refractivity contribution in [2.75, 3.05) is 6.66 Å². The van der Waals surface area contributed by atoms with Gasteiger partial charge in [0.15, 0.2) is 0 Å². The van der Waals surface area contributed by atoms with Crippen molar-refractivity contribution < 1.29 is 13.6 Å². The zero-order valence-corrected chi connectivity index (χ0v) is 16.7. The van der Waals surface area contributed by atoms with Crippen LogP contribution in [0.25, 0.3) is 0 Å². The van der Waals surface area contributed by atoms with Crippen molar-refractivity contribution in [1.29, 1.82) is 0 Å². The third-order valence-corrected chi connectivity index (χ3v) is 5.94. The molecule has 0 bridgehead atoms. The fourth-order valence-electron chi connectivity index (χ4n) is 2.67. The normalized spacial score (nSPS) is 11.7. The van der Waals surface area contributed by atoms with Crippen molar-refractivity contribution in [2.24, 2.45) is 0 Å². The molecule has 3 aromatic carbocycles. The van der Waals surface area contributed by atoms with E-state index in [1.807, 2.05) is 100 Å². The quantitative estimate of drug-likeness (QED) is 0.480. The summed E-state index contributed by atoms with van der Waals surface area (Å²) in [4.78, 5) is 0. The van der Waals surface area contributed by atoms with Crippen LogP contribution < -0.4 is 13.6 Å². The molecule has 0 aliphatic carbocycles. The van der Waals surface area contributed by atoms with Crippen molar-refractivity contribution in [3.05, 3.63) is 89.5 Å². The Labute approximate surface area is 156 Å². The Morgan fingerprint density at radius 3 is 1.04 bits per heavy atom. The number of rotatable bonds is 6. The van der Waals surface area contributed by atoms with Crippen LogP contribution in [0.4, 0.5) is 0 Å². The van der Waals surface area contributed by atoms with E-state index in [1.54, 1.807) is 0 Å². The van der Waals surface area contributed by atoms with Crippen LogP contribution in [0.15, 0.2) is 72.8 Å². The van der Waals surface area contributed by atoms with Gasteiger partial charge in [0.25, 0.3) is 0 Å². The molecule has 0 heterocycles. The van der Waals surface area contributed by atoms with Gasteiger partial charge < -0.3 is 0 Å². The fourth-order valence-corrected chi connectivity index (χ4v) is 4.69. The van der Waals surface area contributed by atoms with Crippen molar-refractivity contribution in [3.8, 4) is 17.2 Å². The van der Waals surface area contributed by atoms with E-state index in [2.05, 4.69) is 0 Å². The molecule has 26 heavy (non-hydrogen) atoms. The summed E-state index contributed by atoms with van der Waals surface area (Å²) in [7, 11) is -3.07. The molecule has 0 unspecified atom stereocenters. The first-order valence-electron chi connectivity index (χ1n) is 8.71. The van der Waals surface area contributed by atoms with Crippen molar-refractivity contribution in [2.45, 2.75) is 20.8 Å². The first kappa shape index (κ1) is 18.3. The second-order valence-electron chi connectivity index (χ2n) is 6.47. The van der Waals surface area contributed by atoms with Crippen LogP contribution in [0.2, 0.25) is 0 Å². The molecule has 0 amide bonds. The molecule has 0 aromatic heterocycles. The number of benzene rings is 3. The summed E-state index contributed by atoms with van der Waals surface area (Å²) in [5.41, 5.74) is 3.15. The summed E-state index contributed by atoms with van der Waals surface area (Å²) in [5.74, 6) is 2.34. The fraction of sp³-hybridized carbons (Fsp3) is 0.182. The van der Waals surface area contributed by atoms with E-state index in [1.165, 1.54) is 0 Å². The second-order valence-corrected chi connectivity index (χ2v) is 8.80. The van der Waals surface area contributed by atoms with Gasteiger partial charge in [0.1, 0.15) is 0 Å². The maximum atomic E-state index is 6.35. The van der Waals surface area contributed by atoms with Crippen LogP contribution >= 0.6 is 7.94 Å². The van der Waals surface area contributed by atoms with Gasteiger partial charge in [-0.15, -0.1) is 0 Å². The molecule has 0 aliphatic rings. The molecule has 0 fully saturated rings. The van der Waals surface area contributed by atoms with Gasteiger partial charge >= 0.3 is 156 Å². The van der Waals surface area contributed by atoms with Gasteiger partial charge in [-0.3, -0.25) is 0 Å². The third kappa shape index (κ3) is 4.36. The van der Waals surface area contributed by atoms with Crippen LogP contribution in [0.5, 0.6) is 17.2 Å². The zero-order valence-electron chi connectivity index (χ0n) is 15.7. The van der Waals surface area contributed by atoms with Gasteiger partial charge in [0.05, 0.1) is 0 Å². The number of aryl methyl sites for hydroxylation is 3. The topological polar surface area (TPSA) is 27.7 Å². The number of hydrogen-bond acceptors (Lipinski definition) is 3. The minimum absolute atomic E-state index is 0.781.